The molecule has 1 heterocycles. The third-order valence-electron chi connectivity index (χ3n) is 4.96. The van der Waals surface area contributed by atoms with E-state index in [9.17, 15) is 19.7 Å². The van der Waals surface area contributed by atoms with Crippen LogP contribution in [0.1, 0.15) is 22.3 Å². The van der Waals surface area contributed by atoms with E-state index in [0.717, 1.165) is 16.7 Å². The molecule has 3 rings (SSSR count). The number of aryl methyl sites for hydroxylation is 3. The highest BCUT2D eigenvalue weighted by Crippen LogP contribution is 2.31. The van der Waals surface area contributed by atoms with Crippen molar-refractivity contribution in [3.8, 4) is 0 Å². The van der Waals surface area contributed by atoms with Crippen LogP contribution in [-0.4, -0.2) is 35.9 Å². The second kappa shape index (κ2) is 8.27. The predicted octanol–water partition coefficient (Wildman–Crippen LogP) is 3.42. The number of benzene rings is 2. The second-order valence-electron chi connectivity index (χ2n) is 7.60. The first-order chi connectivity index (χ1) is 14.5. The average Bonchev–Trinajstić information content (AvgIpc) is 2.66. The summed E-state index contributed by atoms with van der Waals surface area (Å²) in [6, 6.07) is 8.15. The van der Waals surface area contributed by atoms with E-state index in [-0.39, 0.29) is 16.4 Å². The zero-order chi connectivity index (χ0) is 23.0. The first kappa shape index (κ1) is 22.1. The Hall–Kier alpha value is -3.59. The van der Waals surface area contributed by atoms with Crippen molar-refractivity contribution in [3.63, 3.8) is 0 Å². The minimum Gasteiger partial charge on any atom is -0.377 e. The second-order valence-corrected chi connectivity index (χ2v) is 7.99. The topological polar surface area (TPSA) is 95.8 Å². The zero-order valence-electron chi connectivity index (χ0n) is 17.8. The first-order valence-electron chi connectivity index (χ1n) is 9.46. The lowest BCUT2D eigenvalue weighted by molar-refractivity contribution is -0.384. The largest absolute Gasteiger partial charge is 0.377 e. The number of nitrogens with zero attached hydrogens (tertiary/aromatic N) is 3. The summed E-state index contributed by atoms with van der Waals surface area (Å²) in [5.41, 5.74) is 4.04. The lowest BCUT2D eigenvalue weighted by Gasteiger charge is -2.31. The van der Waals surface area contributed by atoms with Crippen LogP contribution in [0.4, 0.5) is 17.1 Å². The molecule has 1 aliphatic heterocycles. The van der Waals surface area contributed by atoms with Gasteiger partial charge in [-0.15, -0.1) is 0 Å². The van der Waals surface area contributed by atoms with Gasteiger partial charge in [-0.05, 0) is 56.3 Å². The normalized spacial score (nSPS) is 15.3. The minimum absolute atomic E-state index is 0.00548. The predicted molar refractivity (Wildman–Crippen MR) is 124 cm³/mol. The molecular weight excluding hydrogens is 416 g/mol. The van der Waals surface area contributed by atoms with E-state index in [4.69, 9.17) is 12.2 Å². The Kier molecular flexibility index (Phi) is 5.90. The van der Waals surface area contributed by atoms with Gasteiger partial charge in [0.05, 0.1) is 10.6 Å². The molecule has 9 heteroatoms. The van der Waals surface area contributed by atoms with E-state index in [0.29, 0.717) is 16.9 Å². The molecule has 1 fully saturated rings. The van der Waals surface area contributed by atoms with Gasteiger partial charge in [0, 0.05) is 37.5 Å². The van der Waals surface area contributed by atoms with Crippen LogP contribution in [0.25, 0.3) is 6.08 Å². The molecule has 0 aromatic heterocycles. The Balaban J connectivity index is 2.17. The summed E-state index contributed by atoms with van der Waals surface area (Å²) < 4.78 is 0. The maximum Gasteiger partial charge on any atom is 0.270 e. The summed E-state index contributed by atoms with van der Waals surface area (Å²) in [6.07, 6.45) is 1.37. The molecule has 8 nitrogen and oxygen atoms in total. The number of nitrogens with one attached hydrogen (secondary N) is 1. The minimum atomic E-state index is -0.648. The quantitative estimate of drug-likeness (QED) is 0.258. The summed E-state index contributed by atoms with van der Waals surface area (Å²) in [5, 5.41) is 13.8. The van der Waals surface area contributed by atoms with Crippen molar-refractivity contribution in [1.82, 2.24) is 5.32 Å². The van der Waals surface area contributed by atoms with Crippen molar-refractivity contribution >= 4 is 52.3 Å². The van der Waals surface area contributed by atoms with E-state index in [1.807, 2.05) is 32.9 Å². The van der Waals surface area contributed by atoms with Crippen LogP contribution >= 0.6 is 12.2 Å². The van der Waals surface area contributed by atoms with Gasteiger partial charge in [0.15, 0.2) is 5.11 Å². The zero-order valence-corrected chi connectivity index (χ0v) is 18.7. The molecular formula is C22H22N4O4S. The fourth-order valence-electron chi connectivity index (χ4n) is 3.72. The standard InChI is InChI=1S/C22H22N4O4S/c1-12-8-13(2)19(14(3)9-12)25-21(28)17(20(27)23-22(25)31)11-15-10-16(26(29)30)6-7-18(15)24(4)5/h6-11H,1-5H3,(H,23,27,31)/b17-11-. The Morgan fingerprint density at radius 3 is 2.26 bits per heavy atom. The van der Waals surface area contributed by atoms with Gasteiger partial charge in [-0.2, -0.15) is 0 Å². The van der Waals surface area contributed by atoms with Gasteiger partial charge in [0.1, 0.15) is 5.57 Å². The fraction of sp³-hybridized carbons (Fsp3) is 0.227. The van der Waals surface area contributed by atoms with Crippen molar-refractivity contribution in [3.05, 3.63) is 68.3 Å². The van der Waals surface area contributed by atoms with Crippen LogP contribution in [0, 0.1) is 30.9 Å². The highest BCUT2D eigenvalue weighted by Gasteiger charge is 2.36. The van der Waals surface area contributed by atoms with Crippen LogP contribution in [0.5, 0.6) is 0 Å². The summed E-state index contributed by atoms with van der Waals surface area (Å²) >= 11 is 5.30. The molecule has 2 aromatic carbocycles. The lowest BCUT2D eigenvalue weighted by Crippen LogP contribution is -2.54. The Labute approximate surface area is 185 Å². The van der Waals surface area contributed by atoms with Gasteiger partial charge in [-0.1, -0.05) is 17.7 Å². The third kappa shape index (κ3) is 4.17. The summed E-state index contributed by atoms with van der Waals surface area (Å²) in [5.74, 6) is -1.23. The van der Waals surface area contributed by atoms with Gasteiger partial charge in [-0.25, -0.2) is 0 Å². The van der Waals surface area contributed by atoms with Crippen LogP contribution in [0.3, 0.4) is 0 Å². The molecule has 0 bridgehead atoms. The molecule has 0 atom stereocenters. The van der Waals surface area contributed by atoms with Crippen molar-refractivity contribution in [2.45, 2.75) is 20.8 Å². The van der Waals surface area contributed by atoms with Crippen molar-refractivity contribution in [2.24, 2.45) is 0 Å². The molecule has 1 saturated heterocycles. The van der Waals surface area contributed by atoms with E-state index in [2.05, 4.69) is 5.32 Å². The molecule has 0 spiro atoms. The first-order valence-corrected chi connectivity index (χ1v) is 9.87. The molecule has 1 aliphatic rings. The SMILES string of the molecule is Cc1cc(C)c(N2C(=O)/C(=C\c3cc([N+](=O)[O-])ccc3N(C)C)C(=O)NC2=S)c(C)c1. The fourth-order valence-corrected chi connectivity index (χ4v) is 3.99. The molecule has 31 heavy (non-hydrogen) atoms. The van der Waals surface area contributed by atoms with E-state index < -0.39 is 16.7 Å². The van der Waals surface area contributed by atoms with E-state index in [1.165, 1.54) is 23.1 Å². The van der Waals surface area contributed by atoms with Crippen molar-refractivity contribution in [2.75, 3.05) is 23.9 Å². The molecule has 160 valence electrons. The molecule has 2 aromatic rings. The van der Waals surface area contributed by atoms with Crippen LogP contribution in [0.2, 0.25) is 0 Å². The molecule has 2 amide bonds. The van der Waals surface area contributed by atoms with E-state index >= 15 is 0 Å². The number of thiocarbonyl (C=S) groups is 1. The number of hydrogen-bond acceptors (Lipinski definition) is 6. The van der Waals surface area contributed by atoms with Crippen LogP contribution < -0.4 is 15.1 Å². The van der Waals surface area contributed by atoms with Gasteiger partial charge < -0.3 is 4.90 Å². The van der Waals surface area contributed by atoms with E-state index in [1.54, 1.807) is 25.1 Å². The molecule has 0 saturated carbocycles. The highest BCUT2D eigenvalue weighted by atomic mass is 32.1. The van der Waals surface area contributed by atoms with Crippen LogP contribution in [0.15, 0.2) is 35.9 Å². The summed E-state index contributed by atoms with van der Waals surface area (Å²) in [4.78, 5) is 39.8. The Morgan fingerprint density at radius 1 is 1.10 bits per heavy atom. The molecule has 1 N–H and O–H groups in total. The number of hydrogen-bond donors (Lipinski definition) is 1. The molecule has 0 radical (unpaired) electrons. The number of nitro groups is 1. The monoisotopic (exact) mass is 438 g/mol. The van der Waals surface area contributed by atoms with Gasteiger partial charge in [0.25, 0.3) is 17.5 Å². The summed E-state index contributed by atoms with van der Waals surface area (Å²) in [6.45, 7) is 5.70. The smallest absolute Gasteiger partial charge is 0.270 e. The number of rotatable bonds is 4. The number of non-ortho nitro benzene ring substituents is 1. The number of carbonyl (C=O) groups is 2. The molecule has 0 aliphatic carbocycles. The van der Waals surface area contributed by atoms with Crippen molar-refractivity contribution < 1.29 is 14.5 Å². The maximum absolute atomic E-state index is 13.4. The maximum atomic E-state index is 13.4. The summed E-state index contributed by atoms with van der Waals surface area (Å²) in [7, 11) is 3.54. The third-order valence-corrected chi connectivity index (χ3v) is 5.25. The van der Waals surface area contributed by atoms with Gasteiger partial charge in [0.2, 0.25) is 0 Å². The molecule has 0 unspecified atom stereocenters. The number of anilines is 2. The van der Waals surface area contributed by atoms with Crippen LogP contribution in [-0.2, 0) is 9.59 Å². The Bertz CT molecular complexity index is 1150. The van der Waals surface area contributed by atoms with Gasteiger partial charge >= 0.3 is 0 Å². The Morgan fingerprint density at radius 2 is 1.71 bits per heavy atom. The van der Waals surface area contributed by atoms with Crippen molar-refractivity contribution in [1.29, 1.82) is 0 Å². The number of amides is 2. The number of carbonyl (C=O) groups excluding carboxylic acids is 2. The highest BCUT2D eigenvalue weighted by molar-refractivity contribution is 7.80. The lowest BCUT2D eigenvalue weighted by atomic mass is 10.0. The van der Waals surface area contributed by atoms with Gasteiger partial charge in [-0.3, -0.25) is 29.9 Å². The average molecular weight is 439 g/mol. The number of nitro benzene ring substituents is 1.